The lowest BCUT2D eigenvalue weighted by atomic mass is 9.95. The number of aryl methyl sites for hydroxylation is 1. The molecule has 4 heteroatoms. The first kappa shape index (κ1) is 18.1. The van der Waals surface area contributed by atoms with Gasteiger partial charge in [0.15, 0.2) is 0 Å². The Kier molecular flexibility index (Phi) is 6.57. The van der Waals surface area contributed by atoms with E-state index in [0.717, 1.165) is 35.0 Å². The smallest absolute Gasteiger partial charge is 0.142 e. The zero-order valence-electron chi connectivity index (χ0n) is 14.9. The number of nitrogens with zero attached hydrogens (tertiary/aromatic N) is 1. The molecule has 0 atom stereocenters. The summed E-state index contributed by atoms with van der Waals surface area (Å²) in [5.74, 6) is 0.894. The van der Waals surface area contributed by atoms with Gasteiger partial charge in [-0.3, -0.25) is 4.98 Å². The third kappa shape index (κ3) is 5.37. The number of aromatic nitrogens is 1. The van der Waals surface area contributed by atoms with E-state index in [2.05, 4.69) is 29.4 Å². The van der Waals surface area contributed by atoms with Crippen molar-refractivity contribution < 1.29 is 4.74 Å². The summed E-state index contributed by atoms with van der Waals surface area (Å²) >= 11 is 6.04. The van der Waals surface area contributed by atoms with Crippen LogP contribution in [-0.4, -0.2) is 17.6 Å². The molecule has 3 rings (SSSR count). The molecule has 2 aromatic rings. The van der Waals surface area contributed by atoms with Gasteiger partial charge in [-0.15, -0.1) is 0 Å². The fourth-order valence-electron chi connectivity index (χ4n) is 3.40. The summed E-state index contributed by atoms with van der Waals surface area (Å²) in [4.78, 5) is 4.59. The standard InChI is InChI=1S/C21H27ClN2O/c1-2-20-21(25-12-11-16-7-6-8-17(22)13-16)14-19(15-23-20)24-18-9-4-3-5-10-18/h6-8,13-15,18,24H,2-5,9-12H2,1H3. The van der Waals surface area contributed by atoms with E-state index in [9.17, 15) is 0 Å². The van der Waals surface area contributed by atoms with Crippen LogP contribution in [0.2, 0.25) is 5.02 Å². The predicted molar refractivity (Wildman–Crippen MR) is 105 cm³/mol. The molecule has 1 N–H and O–H groups in total. The van der Waals surface area contributed by atoms with E-state index in [-0.39, 0.29) is 0 Å². The number of rotatable bonds is 7. The third-order valence-electron chi connectivity index (χ3n) is 4.78. The van der Waals surface area contributed by atoms with Crippen LogP contribution in [0.3, 0.4) is 0 Å². The molecular formula is C21H27ClN2O. The van der Waals surface area contributed by atoms with Crippen LogP contribution < -0.4 is 10.1 Å². The Labute approximate surface area is 155 Å². The van der Waals surface area contributed by atoms with E-state index in [1.54, 1.807) is 0 Å². The van der Waals surface area contributed by atoms with Gasteiger partial charge < -0.3 is 10.1 Å². The van der Waals surface area contributed by atoms with Gasteiger partial charge in [-0.05, 0) is 37.0 Å². The Morgan fingerprint density at radius 3 is 2.80 bits per heavy atom. The van der Waals surface area contributed by atoms with Gasteiger partial charge in [0.05, 0.1) is 24.2 Å². The van der Waals surface area contributed by atoms with Crippen LogP contribution in [0, 0.1) is 0 Å². The molecule has 1 aromatic carbocycles. The largest absolute Gasteiger partial charge is 0.491 e. The first-order valence-corrected chi connectivity index (χ1v) is 9.75. The van der Waals surface area contributed by atoms with Gasteiger partial charge in [0.1, 0.15) is 5.75 Å². The molecule has 0 bridgehead atoms. The molecule has 1 saturated carbocycles. The number of pyridine rings is 1. The van der Waals surface area contributed by atoms with Crippen LogP contribution >= 0.6 is 11.6 Å². The molecule has 0 unspecified atom stereocenters. The molecule has 3 nitrogen and oxygen atoms in total. The first-order valence-electron chi connectivity index (χ1n) is 9.37. The second-order valence-electron chi connectivity index (χ2n) is 6.73. The maximum atomic E-state index is 6.06. The first-order chi connectivity index (χ1) is 12.2. The maximum Gasteiger partial charge on any atom is 0.142 e. The van der Waals surface area contributed by atoms with Crippen LogP contribution in [0.25, 0.3) is 0 Å². The summed E-state index contributed by atoms with van der Waals surface area (Å²) in [5, 5.41) is 4.40. The van der Waals surface area contributed by atoms with Gasteiger partial charge in [0.2, 0.25) is 0 Å². The third-order valence-corrected chi connectivity index (χ3v) is 5.01. The summed E-state index contributed by atoms with van der Waals surface area (Å²) in [6.45, 7) is 2.74. The van der Waals surface area contributed by atoms with Crippen molar-refractivity contribution in [2.24, 2.45) is 0 Å². The summed E-state index contributed by atoms with van der Waals surface area (Å²) in [6.07, 6.45) is 10.2. The molecule has 0 amide bonds. The fraction of sp³-hybridized carbons (Fsp3) is 0.476. The molecule has 1 aromatic heterocycles. The molecule has 0 radical (unpaired) electrons. The highest BCUT2D eigenvalue weighted by molar-refractivity contribution is 6.30. The van der Waals surface area contributed by atoms with E-state index >= 15 is 0 Å². The summed E-state index contributed by atoms with van der Waals surface area (Å²) in [7, 11) is 0. The molecule has 0 aliphatic heterocycles. The quantitative estimate of drug-likeness (QED) is 0.693. The average molecular weight is 359 g/mol. The molecule has 0 saturated heterocycles. The maximum absolute atomic E-state index is 6.06. The van der Waals surface area contributed by atoms with Crippen LogP contribution in [0.4, 0.5) is 5.69 Å². The van der Waals surface area contributed by atoms with Gasteiger partial charge in [-0.1, -0.05) is 49.9 Å². The second kappa shape index (κ2) is 9.10. The molecule has 1 aliphatic rings. The molecule has 1 aliphatic carbocycles. The number of hydrogen-bond donors (Lipinski definition) is 1. The lowest BCUT2D eigenvalue weighted by Crippen LogP contribution is -2.22. The lowest BCUT2D eigenvalue weighted by molar-refractivity contribution is 0.317. The molecule has 1 heterocycles. The van der Waals surface area contributed by atoms with Crippen LogP contribution in [-0.2, 0) is 12.8 Å². The summed E-state index contributed by atoms with van der Waals surface area (Å²) in [5.41, 5.74) is 3.28. The number of anilines is 1. The molecule has 134 valence electrons. The highest BCUT2D eigenvalue weighted by Crippen LogP contribution is 2.26. The Morgan fingerprint density at radius 1 is 1.20 bits per heavy atom. The fourth-order valence-corrected chi connectivity index (χ4v) is 3.61. The van der Waals surface area contributed by atoms with Crippen molar-refractivity contribution in [3.8, 4) is 5.75 Å². The van der Waals surface area contributed by atoms with E-state index in [1.807, 2.05) is 24.4 Å². The minimum atomic E-state index is 0.572. The highest BCUT2D eigenvalue weighted by Gasteiger charge is 2.14. The Balaban J connectivity index is 1.61. The lowest BCUT2D eigenvalue weighted by Gasteiger charge is -2.24. The Bertz CT molecular complexity index is 683. The van der Waals surface area contributed by atoms with Crippen molar-refractivity contribution in [2.75, 3.05) is 11.9 Å². The van der Waals surface area contributed by atoms with Crippen LogP contribution in [0.1, 0.15) is 50.3 Å². The molecule has 1 fully saturated rings. The minimum absolute atomic E-state index is 0.572. The van der Waals surface area contributed by atoms with Crippen LogP contribution in [0.15, 0.2) is 36.5 Å². The second-order valence-corrected chi connectivity index (χ2v) is 7.17. The normalized spacial score (nSPS) is 15.1. The number of nitrogens with one attached hydrogen (secondary N) is 1. The SMILES string of the molecule is CCc1ncc(NC2CCCCC2)cc1OCCc1cccc(Cl)c1. The number of halogens is 1. The van der Waals surface area contributed by atoms with Crippen molar-refractivity contribution in [3.05, 3.63) is 52.8 Å². The van der Waals surface area contributed by atoms with Crippen molar-refractivity contribution in [1.29, 1.82) is 0 Å². The Hall–Kier alpha value is -1.74. The van der Waals surface area contributed by atoms with E-state index < -0.39 is 0 Å². The van der Waals surface area contributed by atoms with Crippen molar-refractivity contribution in [3.63, 3.8) is 0 Å². The van der Waals surface area contributed by atoms with Crippen molar-refractivity contribution >= 4 is 17.3 Å². The highest BCUT2D eigenvalue weighted by atomic mass is 35.5. The van der Waals surface area contributed by atoms with Gasteiger partial charge >= 0.3 is 0 Å². The molecule has 0 spiro atoms. The van der Waals surface area contributed by atoms with Crippen molar-refractivity contribution in [2.45, 2.75) is 57.9 Å². The van der Waals surface area contributed by atoms with Crippen LogP contribution in [0.5, 0.6) is 5.75 Å². The molecular weight excluding hydrogens is 332 g/mol. The predicted octanol–water partition coefficient (Wildman–Crippen LogP) is 5.66. The number of benzene rings is 1. The van der Waals surface area contributed by atoms with E-state index in [1.165, 1.54) is 37.7 Å². The zero-order valence-corrected chi connectivity index (χ0v) is 15.7. The topological polar surface area (TPSA) is 34.2 Å². The van der Waals surface area contributed by atoms with Gasteiger partial charge in [0, 0.05) is 23.6 Å². The van der Waals surface area contributed by atoms with E-state index in [0.29, 0.717) is 12.6 Å². The van der Waals surface area contributed by atoms with Gasteiger partial charge in [0.25, 0.3) is 0 Å². The van der Waals surface area contributed by atoms with Crippen molar-refractivity contribution in [1.82, 2.24) is 4.98 Å². The number of hydrogen-bond acceptors (Lipinski definition) is 3. The summed E-state index contributed by atoms with van der Waals surface area (Å²) < 4.78 is 6.06. The zero-order chi connectivity index (χ0) is 17.5. The monoisotopic (exact) mass is 358 g/mol. The van der Waals surface area contributed by atoms with E-state index in [4.69, 9.17) is 16.3 Å². The number of ether oxygens (including phenoxy) is 1. The summed E-state index contributed by atoms with van der Waals surface area (Å²) in [6, 6.07) is 10.6. The van der Waals surface area contributed by atoms with Gasteiger partial charge in [-0.25, -0.2) is 0 Å². The minimum Gasteiger partial charge on any atom is -0.491 e. The average Bonchev–Trinajstić information content (AvgIpc) is 2.63. The van der Waals surface area contributed by atoms with Gasteiger partial charge in [-0.2, -0.15) is 0 Å². The molecule has 25 heavy (non-hydrogen) atoms. The Morgan fingerprint density at radius 2 is 2.04 bits per heavy atom.